The second kappa shape index (κ2) is 5.83. The third-order valence-electron chi connectivity index (χ3n) is 2.63. The van der Waals surface area contributed by atoms with Crippen molar-refractivity contribution in [2.24, 2.45) is 0 Å². The number of aromatic nitrogens is 3. The Balaban J connectivity index is 2.14. The summed E-state index contributed by atoms with van der Waals surface area (Å²) in [7, 11) is 0. The van der Waals surface area contributed by atoms with Gasteiger partial charge in [0.1, 0.15) is 5.75 Å². The van der Waals surface area contributed by atoms with E-state index in [9.17, 15) is 9.90 Å². The van der Waals surface area contributed by atoms with E-state index in [1.807, 2.05) is 6.92 Å². The predicted octanol–water partition coefficient (Wildman–Crippen LogP) is 1.56. The molecule has 1 aromatic heterocycles. The monoisotopic (exact) mass is 280 g/mol. The first-order valence-corrected chi connectivity index (χ1v) is 6.95. The summed E-state index contributed by atoms with van der Waals surface area (Å²) in [6.07, 6.45) is 0.858. The van der Waals surface area contributed by atoms with Gasteiger partial charge in [0.2, 0.25) is 0 Å². The first kappa shape index (κ1) is 13.5. The van der Waals surface area contributed by atoms with Crippen LogP contribution in [0.5, 0.6) is 5.75 Å². The second-order valence-corrected chi connectivity index (χ2v) is 5.08. The summed E-state index contributed by atoms with van der Waals surface area (Å²) in [5.74, 6) is 0.701. The van der Waals surface area contributed by atoms with Gasteiger partial charge < -0.3 is 10.8 Å². The van der Waals surface area contributed by atoms with Gasteiger partial charge in [0.15, 0.2) is 5.16 Å². The Labute approximate surface area is 114 Å². The van der Waals surface area contributed by atoms with Crippen molar-refractivity contribution >= 4 is 17.4 Å². The average Bonchev–Trinajstić information content (AvgIpc) is 2.73. The summed E-state index contributed by atoms with van der Waals surface area (Å²) >= 11 is 1.39. The standard InChI is InChI=1S/C12H16N4O2S/c1-2-5-16-11(18)14-15-12(16)19-7-8-6-9(13)3-4-10(8)17/h3-4,6,17H,2,5,7,13H2,1H3,(H,14,18). The Morgan fingerprint density at radius 3 is 3.05 bits per heavy atom. The molecule has 0 fully saturated rings. The number of nitrogen functional groups attached to an aromatic ring is 1. The Morgan fingerprint density at radius 2 is 2.32 bits per heavy atom. The molecule has 7 heteroatoms. The van der Waals surface area contributed by atoms with Crippen LogP contribution in [0.3, 0.4) is 0 Å². The van der Waals surface area contributed by atoms with Crippen LogP contribution in [-0.2, 0) is 12.3 Å². The van der Waals surface area contributed by atoms with Crippen LogP contribution >= 0.6 is 11.8 Å². The molecule has 0 atom stereocenters. The van der Waals surface area contributed by atoms with E-state index in [-0.39, 0.29) is 11.4 Å². The molecule has 0 aliphatic carbocycles. The van der Waals surface area contributed by atoms with Gasteiger partial charge in [-0.25, -0.2) is 9.89 Å². The van der Waals surface area contributed by atoms with Crippen LogP contribution in [0.1, 0.15) is 18.9 Å². The normalized spacial score (nSPS) is 10.8. The summed E-state index contributed by atoms with van der Waals surface area (Å²) in [6, 6.07) is 4.93. The molecule has 0 saturated heterocycles. The molecule has 2 rings (SSSR count). The lowest BCUT2D eigenvalue weighted by molar-refractivity contribution is 0.470. The molecule has 102 valence electrons. The highest BCUT2D eigenvalue weighted by Crippen LogP contribution is 2.27. The molecule has 0 saturated carbocycles. The molecule has 0 radical (unpaired) electrons. The van der Waals surface area contributed by atoms with E-state index in [4.69, 9.17) is 5.73 Å². The maximum atomic E-state index is 11.5. The molecule has 0 aliphatic heterocycles. The van der Waals surface area contributed by atoms with Crippen molar-refractivity contribution < 1.29 is 5.11 Å². The fraction of sp³-hybridized carbons (Fsp3) is 0.333. The number of nitrogens with one attached hydrogen (secondary N) is 1. The van der Waals surface area contributed by atoms with E-state index >= 15 is 0 Å². The minimum absolute atomic E-state index is 0.196. The third kappa shape index (κ3) is 3.11. The number of phenols is 1. The Bertz CT molecular complexity index is 620. The number of anilines is 1. The Hall–Kier alpha value is -1.89. The number of aromatic hydroxyl groups is 1. The first-order valence-electron chi connectivity index (χ1n) is 5.97. The minimum Gasteiger partial charge on any atom is -0.508 e. The van der Waals surface area contributed by atoms with E-state index in [0.717, 1.165) is 12.0 Å². The van der Waals surface area contributed by atoms with Crippen molar-refractivity contribution in [1.82, 2.24) is 14.8 Å². The highest BCUT2D eigenvalue weighted by atomic mass is 32.2. The average molecular weight is 280 g/mol. The van der Waals surface area contributed by atoms with Crippen LogP contribution in [0.4, 0.5) is 5.69 Å². The fourth-order valence-electron chi connectivity index (χ4n) is 1.70. The Kier molecular flexibility index (Phi) is 4.16. The highest BCUT2D eigenvalue weighted by molar-refractivity contribution is 7.98. The minimum atomic E-state index is -0.207. The molecule has 1 heterocycles. The summed E-state index contributed by atoms with van der Waals surface area (Å²) in [5.41, 5.74) is 6.80. The van der Waals surface area contributed by atoms with E-state index in [1.54, 1.807) is 22.8 Å². The summed E-state index contributed by atoms with van der Waals surface area (Å²) < 4.78 is 1.59. The lowest BCUT2D eigenvalue weighted by atomic mass is 10.2. The number of benzene rings is 1. The molecular formula is C12H16N4O2S. The summed E-state index contributed by atoms with van der Waals surface area (Å²) in [5, 5.41) is 16.8. The van der Waals surface area contributed by atoms with Gasteiger partial charge >= 0.3 is 5.69 Å². The van der Waals surface area contributed by atoms with Gasteiger partial charge in [-0.05, 0) is 24.6 Å². The van der Waals surface area contributed by atoms with Gasteiger partial charge in [-0.3, -0.25) is 4.57 Å². The zero-order valence-corrected chi connectivity index (χ0v) is 11.4. The Morgan fingerprint density at radius 1 is 1.53 bits per heavy atom. The molecule has 0 bridgehead atoms. The zero-order chi connectivity index (χ0) is 13.8. The molecule has 6 nitrogen and oxygen atoms in total. The smallest absolute Gasteiger partial charge is 0.343 e. The van der Waals surface area contributed by atoms with Crippen molar-refractivity contribution in [2.75, 3.05) is 5.73 Å². The summed E-state index contributed by atoms with van der Waals surface area (Å²) in [4.78, 5) is 11.5. The van der Waals surface area contributed by atoms with Gasteiger partial charge in [0.25, 0.3) is 0 Å². The topological polar surface area (TPSA) is 96.9 Å². The van der Waals surface area contributed by atoms with Crippen LogP contribution in [0.15, 0.2) is 28.2 Å². The van der Waals surface area contributed by atoms with Crippen LogP contribution in [0.25, 0.3) is 0 Å². The van der Waals surface area contributed by atoms with Crippen LogP contribution < -0.4 is 11.4 Å². The fourth-order valence-corrected chi connectivity index (χ4v) is 2.65. The number of rotatable bonds is 5. The van der Waals surface area contributed by atoms with Crippen molar-refractivity contribution in [3.8, 4) is 5.75 Å². The number of nitrogens with two attached hydrogens (primary N) is 1. The number of phenolic OH excluding ortho intramolecular Hbond substituents is 1. The van der Waals surface area contributed by atoms with E-state index < -0.39 is 0 Å². The molecular weight excluding hydrogens is 264 g/mol. The maximum absolute atomic E-state index is 11.5. The molecule has 0 amide bonds. The number of hydrogen-bond donors (Lipinski definition) is 3. The van der Waals surface area contributed by atoms with Crippen LogP contribution in [-0.4, -0.2) is 19.9 Å². The molecule has 0 spiro atoms. The van der Waals surface area contributed by atoms with Crippen molar-refractivity contribution in [1.29, 1.82) is 0 Å². The van der Waals surface area contributed by atoms with E-state index in [2.05, 4.69) is 10.2 Å². The van der Waals surface area contributed by atoms with Crippen molar-refractivity contribution in [3.05, 3.63) is 34.2 Å². The predicted molar refractivity (Wildman–Crippen MR) is 75.2 cm³/mol. The zero-order valence-electron chi connectivity index (χ0n) is 10.6. The van der Waals surface area contributed by atoms with Crippen molar-refractivity contribution in [3.63, 3.8) is 0 Å². The number of thioether (sulfide) groups is 1. The van der Waals surface area contributed by atoms with Gasteiger partial charge in [0.05, 0.1) is 0 Å². The number of nitrogens with zero attached hydrogens (tertiary/aromatic N) is 2. The molecule has 0 aliphatic rings. The molecule has 0 unspecified atom stereocenters. The second-order valence-electron chi connectivity index (χ2n) is 4.14. The van der Waals surface area contributed by atoms with Gasteiger partial charge in [-0.2, -0.15) is 0 Å². The first-order chi connectivity index (χ1) is 9.11. The van der Waals surface area contributed by atoms with Crippen LogP contribution in [0, 0.1) is 0 Å². The number of aromatic amines is 1. The number of hydrogen-bond acceptors (Lipinski definition) is 5. The molecule has 4 N–H and O–H groups in total. The number of H-pyrrole nitrogens is 1. The molecule has 19 heavy (non-hydrogen) atoms. The van der Waals surface area contributed by atoms with E-state index in [0.29, 0.717) is 23.1 Å². The molecule has 1 aromatic carbocycles. The lowest BCUT2D eigenvalue weighted by Gasteiger charge is -2.06. The SMILES string of the molecule is CCCn1c(SCc2cc(N)ccc2O)n[nH]c1=O. The third-order valence-corrected chi connectivity index (χ3v) is 3.66. The van der Waals surface area contributed by atoms with Gasteiger partial charge in [-0.15, -0.1) is 5.10 Å². The lowest BCUT2D eigenvalue weighted by Crippen LogP contribution is -2.17. The van der Waals surface area contributed by atoms with Gasteiger partial charge in [0, 0.05) is 23.5 Å². The quantitative estimate of drug-likeness (QED) is 0.439. The largest absolute Gasteiger partial charge is 0.508 e. The highest BCUT2D eigenvalue weighted by Gasteiger charge is 2.10. The van der Waals surface area contributed by atoms with Crippen LogP contribution in [0.2, 0.25) is 0 Å². The van der Waals surface area contributed by atoms with Crippen molar-refractivity contribution in [2.45, 2.75) is 30.8 Å². The maximum Gasteiger partial charge on any atom is 0.343 e. The van der Waals surface area contributed by atoms with Gasteiger partial charge in [-0.1, -0.05) is 18.7 Å². The molecule has 2 aromatic rings. The summed E-state index contributed by atoms with van der Waals surface area (Å²) in [6.45, 7) is 2.62. The van der Waals surface area contributed by atoms with E-state index in [1.165, 1.54) is 11.8 Å².